The first-order valence-corrected chi connectivity index (χ1v) is 10.8. The summed E-state index contributed by atoms with van der Waals surface area (Å²) in [6.07, 6.45) is 3.99. The fourth-order valence-electron chi connectivity index (χ4n) is 3.05. The third kappa shape index (κ3) is 5.29. The highest BCUT2D eigenvalue weighted by atomic mass is 32.2. The lowest BCUT2D eigenvalue weighted by Gasteiger charge is -2.32. The maximum atomic E-state index is 12.4. The Morgan fingerprint density at radius 3 is 2.32 bits per heavy atom. The molecule has 0 unspecified atom stereocenters. The molecule has 2 amide bonds. The molecule has 0 radical (unpaired) electrons. The summed E-state index contributed by atoms with van der Waals surface area (Å²) in [5, 5.41) is 2.97. The van der Waals surface area contributed by atoms with Gasteiger partial charge in [-0.3, -0.25) is 19.3 Å². The number of piperidine rings is 1. The fourth-order valence-corrected chi connectivity index (χ4v) is 3.61. The Hall–Kier alpha value is -2.94. The monoisotopic (exact) mass is 402 g/mol. The molecular weight excluding hydrogens is 380 g/mol. The summed E-state index contributed by atoms with van der Waals surface area (Å²) in [5.74, 6) is -0.320. The molecule has 28 heavy (non-hydrogen) atoms. The van der Waals surface area contributed by atoms with Crippen LogP contribution < -0.4 is 10.0 Å². The molecule has 1 aromatic heterocycles. The Labute approximate surface area is 164 Å². The largest absolute Gasteiger partial charge is 0.349 e. The van der Waals surface area contributed by atoms with Crippen molar-refractivity contribution in [2.75, 3.05) is 24.1 Å². The Balaban J connectivity index is 1.52. The van der Waals surface area contributed by atoms with E-state index in [1.54, 1.807) is 53.6 Å². The van der Waals surface area contributed by atoms with Gasteiger partial charge < -0.3 is 10.2 Å². The number of sulfonamides is 1. The smallest absolute Gasteiger partial charge is 0.272 e. The molecule has 3 rings (SSSR count). The van der Waals surface area contributed by atoms with Gasteiger partial charge in [0.2, 0.25) is 10.0 Å². The maximum absolute atomic E-state index is 12.4. The fraction of sp³-hybridized carbons (Fsp3) is 0.316. The summed E-state index contributed by atoms with van der Waals surface area (Å²) < 4.78 is 24.8. The topological polar surface area (TPSA) is 108 Å². The molecule has 1 aliphatic rings. The second kappa shape index (κ2) is 8.39. The van der Waals surface area contributed by atoms with Gasteiger partial charge in [0.1, 0.15) is 5.69 Å². The predicted octanol–water partition coefficient (Wildman–Crippen LogP) is 1.49. The second-order valence-corrected chi connectivity index (χ2v) is 8.45. The molecule has 0 bridgehead atoms. The van der Waals surface area contributed by atoms with E-state index in [2.05, 4.69) is 15.0 Å². The van der Waals surface area contributed by atoms with Gasteiger partial charge >= 0.3 is 0 Å². The van der Waals surface area contributed by atoms with Crippen LogP contribution in [-0.4, -0.2) is 55.5 Å². The minimum atomic E-state index is -3.35. The van der Waals surface area contributed by atoms with Gasteiger partial charge in [-0.05, 0) is 49.2 Å². The van der Waals surface area contributed by atoms with Crippen LogP contribution in [0, 0.1) is 0 Å². The summed E-state index contributed by atoms with van der Waals surface area (Å²) in [4.78, 5) is 30.6. The number of carbonyl (C=O) groups is 2. The summed E-state index contributed by atoms with van der Waals surface area (Å²) in [6.45, 7) is 1.11. The Bertz CT molecular complexity index is 938. The van der Waals surface area contributed by atoms with Gasteiger partial charge in [-0.2, -0.15) is 0 Å². The molecule has 0 aliphatic carbocycles. The lowest BCUT2D eigenvalue weighted by molar-refractivity contribution is 0.0692. The van der Waals surface area contributed by atoms with Crippen LogP contribution in [0.3, 0.4) is 0 Å². The van der Waals surface area contributed by atoms with E-state index in [1.165, 1.54) is 0 Å². The molecule has 1 aliphatic heterocycles. The summed E-state index contributed by atoms with van der Waals surface area (Å²) in [7, 11) is -3.35. The quantitative estimate of drug-likeness (QED) is 0.788. The minimum Gasteiger partial charge on any atom is -0.349 e. The van der Waals surface area contributed by atoms with Crippen molar-refractivity contribution in [3.05, 3.63) is 59.9 Å². The normalized spacial score (nSPS) is 15.1. The minimum absolute atomic E-state index is 0.0193. The zero-order valence-electron chi connectivity index (χ0n) is 15.5. The van der Waals surface area contributed by atoms with Crippen molar-refractivity contribution in [2.45, 2.75) is 18.9 Å². The van der Waals surface area contributed by atoms with Gasteiger partial charge in [-0.1, -0.05) is 6.07 Å². The number of likely N-dealkylation sites (tertiary alicyclic amines) is 1. The standard InChI is InChI=1S/C19H22N4O4S/c1-28(26,27)22-16-7-5-14(6-8-16)18(24)21-15-9-12-23(13-10-15)19(25)17-4-2-3-11-20-17/h2-8,11,15,22H,9-10,12-13H2,1H3,(H,21,24). The van der Waals surface area contributed by atoms with Gasteiger partial charge in [-0.15, -0.1) is 0 Å². The molecule has 8 nitrogen and oxygen atoms in total. The number of hydrogen-bond acceptors (Lipinski definition) is 5. The van der Waals surface area contributed by atoms with Gasteiger partial charge in [0.15, 0.2) is 0 Å². The van der Waals surface area contributed by atoms with Gasteiger partial charge in [0.05, 0.1) is 6.26 Å². The zero-order valence-corrected chi connectivity index (χ0v) is 16.3. The van der Waals surface area contributed by atoms with Gasteiger partial charge in [0.25, 0.3) is 11.8 Å². The number of nitrogens with one attached hydrogen (secondary N) is 2. The van der Waals surface area contributed by atoms with E-state index in [4.69, 9.17) is 0 Å². The molecule has 1 fully saturated rings. The van der Waals surface area contributed by atoms with Crippen LogP contribution in [0.25, 0.3) is 0 Å². The number of rotatable bonds is 5. The van der Waals surface area contributed by atoms with Crippen molar-refractivity contribution >= 4 is 27.5 Å². The van der Waals surface area contributed by atoms with Crippen molar-refractivity contribution in [1.82, 2.24) is 15.2 Å². The van der Waals surface area contributed by atoms with Crippen molar-refractivity contribution in [1.29, 1.82) is 0 Å². The molecule has 2 N–H and O–H groups in total. The molecule has 0 atom stereocenters. The van der Waals surface area contributed by atoms with E-state index in [1.807, 2.05) is 0 Å². The number of hydrogen-bond donors (Lipinski definition) is 2. The predicted molar refractivity (Wildman–Crippen MR) is 106 cm³/mol. The van der Waals surface area contributed by atoms with Crippen LogP contribution in [0.1, 0.15) is 33.7 Å². The number of aromatic nitrogens is 1. The SMILES string of the molecule is CS(=O)(=O)Nc1ccc(C(=O)NC2CCN(C(=O)c3ccccn3)CC2)cc1. The van der Waals surface area contributed by atoms with Crippen LogP contribution in [0.4, 0.5) is 5.69 Å². The molecule has 0 spiro atoms. The molecule has 9 heteroatoms. The van der Waals surface area contributed by atoms with Crippen molar-refractivity contribution in [3.8, 4) is 0 Å². The van der Waals surface area contributed by atoms with E-state index < -0.39 is 10.0 Å². The average molecular weight is 402 g/mol. The maximum Gasteiger partial charge on any atom is 0.272 e. The van der Waals surface area contributed by atoms with Crippen LogP contribution in [0.2, 0.25) is 0 Å². The number of anilines is 1. The molecule has 2 aromatic rings. The Kier molecular flexibility index (Phi) is 5.93. The first-order valence-electron chi connectivity index (χ1n) is 8.91. The number of amides is 2. The summed E-state index contributed by atoms with van der Waals surface area (Å²) in [6, 6.07) is 11.5. The van der Waals surface area contributed by atoms with E-state index in [0.29, 0.717) is 42.9 Å². The second-order valence-electron chi connectivity index (χ2n) is 6.71. The highest BCUT2D eigenvalue weighted by Crippen LogP contribution is 2.15. The number of pyridine rings is 1. The molecule has 0 saturated carbocycles. The first kappa shape index (κ1) is 19.8. The summed E-state index contributed by atoms with van der Waals surface area (Å²) >= 11 is 0. The lowest BCUT2D eigenvalue weighted by Crippen LogP contribution is -2.46. The third-order valence-electron chi connectivity index (χ3n) is 4.45. The highest BCUT2D eigenvalue weighted by Gasteiger charge is 2.25. The molecule has 148 valence electrons. The van der Waals surface area contributed by atoms with E-state index in [-0.39, 0.29) is 17.9 Å². The average Bonchev–Trinajstić information content (AvgIpc) is 2.68. The lowest BCUT2D eigenvalue weighted by atomic mass is 10.0. The Morgan fingerprint density at radius 2 is 1.75 bits per heavy atom. The van der Waals surface area contributed by atoms with Crippen molar-refractivity contribution in [3.63, 3.8) is 0 Å². The zero-order chi connectivity index (χ0) is 20.1. The van der Waals surface area contributed by atoms with Gasteiger partial charge in [-0.25, -0.2) is 8.42 Å². The molecule has 1 aromatic carbocycles. The van der Waals surface area contributed by atoms with E-state index in [9.17, 15) is 18.0 Å². The van der Waals surface area contributed by atoms with E-state index in [0.717, 1.165) is 6.26 Å². The van der Waals surface area contributed by atoms with Crippen LogP contribution in [0.5, 0.6) is 0 Å². The third-order valence-corrected chi connectivity index (χ3v) is 5.06. The Morgan fingerprint density at radius 1 is 1.07 bits per heavy atom. The number of benzene rings is 1. The first-order chi connectivity index (χ1) is 13.3. The van der Waals surface area contributed by atoms with Crippen LogP contribution in [-0.2, 0) is 10.0 Å². The molecule has 2 heterocycles. The van der Waals surface area contributed by atoms with Crippen molar-refractivity contribution < 1.29 is 18.0 Å². The van der Waals surface area contributed by atoms with Crippen LogP contribution in [0.15, 0.2) is 48.7 Å². The highest BCUT2D eigenvalue weighted by molar-refractivity contribution is 7.92. The molecule has 1 saturated heterocycles. The van der Waals surface area contributed by atoms with Crippen molar-refractivity contribution in [2.24, 2.45) is 0 Å². The molecular formula is C19H22N4O4S. The number of nitrogens with zero attached hydrogens (tertiary/aromatic N) is 2. The summed E-state index contributed by atoms with van der Waals surface area (Å²) in [5.41, 5.74) is 1.28. The number of carbonyl (C=O) groups excluding carboxylic acids is 2. The van der Waals surface area contributed by atoms with Gasteiger partial charge in [0, 0.05) is 36.6 Å². The van der Waals surface area contributed by atoms with Crippen LogP contribution >= 0.6 is 0 Å². The van der Waals surface area contributed by atoms with E-state index >= 15 is 0 Å².